The van der Waals surface area contributed by atoms with E-state index in [-0.39, 0.29) is 42.2 Å². The van der Waals surface area contributed by atoms with Gasteiger partial charge in [0, 0.05) is 19.2 Å². The molecule has 4 rings (SSSR count). The molecule has 1 aliphatic carbocycles. The molecule has 2 atom stereocenters. The van der Waals surface area contributed by atoms with Gasteiger partial charge in [0.25, 0.3) is 5.91 Å². The summed E-state index contributed by atoms with van der Waals surface area (Å²) in [5.74, 6) is -1.33. The number of para-hydroxylation sites is 1. The molecule has 1 aromatic carbocycles. The second-order valence-electron chi connectivity index (χ2n) is 7.13. The van der Waals surface area contributed by atoms with Gasteiger partial charge in [-0.25, -0.2) is 4.39 Å². The number of amides is 1. The average Bonchev–Trinajstić information content (AvgIpc) is 3.34. The van der Waals surface area contributed by atoms with Crippen LogP contribution in [0.15, 0.2) is 34.9 Å². The lowest BCUT2D eigenvalue weighted by molar-refractivity contribution is -0.149. The summed E-state index contributed by atoms with van der Waals surface area (Å²) in [7, 11) is 0. The van der Waals surface area contributed by atoms with E-state index < -0.39 is 17.2 Å². The Balaban J connectivity index is 1.42. The number of aromatic nitrogens is 1. The summed E-state index contributed by atoms with van der Waals surface area (Å²) in [4.78, 5) is 26.0. The number of hydrogen-bond donors (Lipinski definition) is 1. The summed E-state index contributed by atoms with van der Waals surface area (Å²) in [6.07, 6.45) is 2.29. The first-order valence-electron chi connectivity index (χ1n) is 8.85. The van der Waals surface area contributed by atoms with Gasteiger partial charge < -0.3 is 19.3 Å². The minimum absolute atomic E-state index is 0.0188. The van der Waals surface area contributed by atoms with Crippen molar-refractivity contribution in [1.29, 1.82) is 0 Å². The van der Waals surface area contributed by atoms with E-state index in [0.29, 0.717) is 13.0 Å². The van der Waals surface area contributed by atoms with Crippen molar-refractivity contribution in [2.24, 2.45) is 11.3 Å². The molecular formula is C19H19FN2O5. The fourth-order valence-corrected chi connectivity index (χ4v) is 4.15. The molecule has 2 fully saturated rings. The number of carboxylic acid groups (broad SMARTS) is 1. The molecule has 7 nitrogen and oxygen atoms in total. The van der Waals surface area contributed by atoms with Crippen LogP contribution < -0.4 is 4.74 Å². The number of benzene rings is 1. The minimum atomic E-state index is -0.837. The van der Waals surface area contributed by atoms with Crippen LogP contribution in [0.5, 0.6) is 5.75 Å². The van der Waals surface area contributed by atoms with E-state index in [0.717, 1.165) is 12.8 Å². The van der Waals surface area contributed by atoms with Crippen molar-refractivity contribution in [1.82, 2.24) is 10.1 Å². The van der Waals surface area contributed by atoms with Gasteiger partial charge in [-0.05, 0) is 30.9 Å². The van der Waals surface area contributed by atoms with Crippen LogP contribution in [0.3, 0.4) is 0 Å². The van der Waals surface area contributed by atoms with Crippen LogP contribution >= 0.6 is 0 Å². The first-order valence-corrected chi connectivity index (χ1v) is 8.85. The zero-order valence-electron chi connectivity index (χ0n) is 14.6. The van der Waals surface area contributed by atoms with Crippen molar-refractivity contribution in [3.8, 4) is 5.75 Å². The van der Waals surface area contributed by atoms with Gasteiger partial charge in [-0.3, -0.25) is 9.59 Å². The fraction of sp³-hybridized carbons (Fsp3) is 0.421. The molecule has 0 bridgehead atoms. The third-order valence-electron chi connectivity index (χ3n) is 5.57. The van der Waals surface area contributed by atoms with E-state index in [1.165, 1.54) is 23.1 Å². The zero-order chi connectivity index (χ0) is 19.0. The maximum atomic E-state index is 13.6. The van der Waals surface area contributed by atoms with Gasteiger partial charge in [-0.15, -0.1) is 0 Å². The van der Waals surface area contributed by atoms with Gasteiger partial charge in [0.2, 0.25) is 0 Å². The smallest absolute Gasteiger partial charge is 0.311 e. The molecule has 1 saturated carbocycles. The Hall–Kier alpha value is -2.90. The van der Waals surface area contributed by atoms with Gasteiger partial charge in [0.1, 0.15) is 6.61 Å². The van der Waals surface area contributed by atoms with Crippen LogP contribution in [-0.4, -0.2) is 40.1 Å². The van der Waals surface area contributed by atoms with E-state index in [4.69, 9.17) is 9.26 Å². The van der Waals surface area contributed by atoms with Gasteiger partial charge in [-0.1, -0.05) is 23.7 Å². The highest BCUT2D eigenvalue weighted by Gasteiger charge is 2.56. The van der Waals surface area contributed by atoms with Crippen LogP contribution in [0.1, 0.15) is 35.5 Å². The number of rotatable bonds is 5. The number of ether oxygens (including phenoxy) is 1. The maximum absolute atomic E-state index is 13.6. The molecule has 27 heavy (non-hydrogen) atoms. The lowest BCUT2D eigenvalue weighted by atomic mass is 9.81. The summed E-state index contributed by atoms with van der Waals surface area (Å²) in [5.41, 5.74) is -0.737. The molecule has 1 aliphatic heterocycles. The molecule has 1 amide bonds. The van der Waals surface area contributed by atoms with E-state index in [2.05, 4.69) is 5.16 Å². The molecule has 1 aromatic heterocycles. The van der Waals surface area contributed by atoms with Crippen molar-refractivity contribution in [2.45, 2.75) is 25.9 Å². The number of carboxylic acids is 1. The number of carbonyl (C=O) groups is 2. The minimum Gasteiger partial charge on any atom is -0.482 e. The average molecular weight is 374 g/mol. The summed E-state index contributed by atoms with van der Waals surface area (Å²) in [6, 6.07) is 7.43. The Kier molecular flexibility index (Phi) is 4.33. The van der Waals surface area contributed by atoms with E-state index >= 15 is 0 Å². The number of fused-ring (bicyclic) bond motifs is 1. The van der Waals surface area contributed by atoms with Crippen molar-refractivity contribution in [2.75, 3.05) is 13.1 Å². The Morgan fingerprint density at radius 2 is 2.22 bits per heavy atom. The summed E-state index contributed by atoms with van der Waals surface area (Å²) in [6.45, 7) is 0.543. The quantitative estimate of drug-likeness (QED) is 0.865. The highest BCUT2D eigenvalue weighted by atomic mass is 19.1. The predicted octanol–water partition coefficient (Wildman–Crippen LogP) is 2.72. The van der Waals surface area contributed by atoms with E-state index in [1.54, 1.807) is 12.1 Å². The van der Waals surface area contributed by atoms with Gasteiger partial charge in [0.05, 0.1) is 5.41 Å². The number of carbonyl (C=O) groups excluding carboxylic acids is 1. The van der Waals surface area contributed by atoms with E-state index in [1.807, 2.05) is 0 Å². The highest BCUT2D eigenvalue weighted by Crippen LogP contribution is 2.49. The molecule has 0 unspecified atom stereocenters. The Bertz CT molecular complexity index is 882. The molecule has 8 heteroatoms. The van der Waals surface area contributed by atoms with E-state index in [9.17, 15) is 19.1 Å². The second kappa shape index (κ2) is 6.68. The van der Waals surface area contributed by atoms with Crippen LogP contribution in [-0.2, 0) is 11.4 Å². The second-order valence-corrected chi connectivity index (χ2v) is 7.13. The molecule has 2 aliphatic rings. The third kappa shape index (κ3) is 3.05. The molecule has 1 N–H and O–H groups in total. The Morgan fingerprint density at radius 1 is 1.41 bits per heavy atom. The van der Waals surface area contributed by atoms with Crippen LogP contribution in [0.25, 0.3) is 0 Å². The molecule has 0 radical (unpaired) electrons. The highest BCUT2D eigenvalue weighted by molar-refractivity contribution is 5.93. The topological polar surface area (TPSA) is 92.9 Å². The number of hydrogen-bond acceptors (Lipinski definition) is 5. The van der Waals surface area contributed by atoms with Gasteiger partial charge in [-0.2, -0.15) is 0 Å². The van der Waals surface area contributed by atoms with Crippen molar-refractivity contribution >= 4 is 11.9 Å². The monoisotopic (exact) mass is 374 g/mol. The first kappa shape index (κ1) is 17.5. The number of halogens is 1. The Morgan fingerprint density at radius 3 is 2.96 bits per heavy atom. The molecule has 142 valence electrons. The standard InChI is InChI=1S/C19H19FN2O5/c20-14-5-1-2-6-16(14)26-10-13-8-15(21-27-13)17(23)22-9-12-4-3-7-19(12,11-22)18(24)25/h1-2,5-6,8,12H,3-4,7,9-11H2,(H,24,25)/t12-,19+/m0/s1. The van der Waals surface area contributed by atoms with Crippen molar-refractivity contribution < 1.29 is 28.3 Å². The molecular weight excluding hydrogens is 355 g/mol. The number of aliphatic carboxylic acids is 1. The summed E-state index contributed by atoms with van der Waals surface area (Å²) < 4.78 is 24.0. The summed E-state index contributed by atoms with van der Waals surface area (Å²) >= 11 is 0. The first-order chi connectivity index (χ1) is 13.0. The van der Waals surface area contributed by atoms with Gasteiger partial charge >= 0.3 is 5.97 Å². The van der Waals surface area contributed by atoms with Crippen LogP contribution in [0.2, 0.25) is 0 Å². The molecule has 0 spiro atoms. The van der Waals surface area contributed by atoms with Crippen molar-refractivity contribution in [3.63, 3.8) is 0 Å². The van der Waals surface area contributed by atoms with Crippen LogP contribution in [0.4, 0.5) is 4.39 Å². The van der Waals surface area contributed by atoms with Crippen molar-refractivity contribution in [3.05, 3.63) is 47.6 Å². The predicted molar refractivity (Wildman–Crippen MR) is 90.5 cm³/mol. The summed E-state index contributed by atoms with van der Waals surface area (Å²) in [5, 5.41) is 13.4. The molecule has 1 saturated heterocycles. The lowest BCUT2D eigenvalue weighted by Gasteiger charge is -2.22. The molecule has 2 heterocycles. The molecule has 2 aromatic rings. The van der Waals surface area contributed by atoms with Gasteiger partial charge in [0.15, 0.2) is 23.0 Å². The number of nitrogens with zero attached hydrogens (tertiary/aromatic N) is 2. The third-order valence-corrected chi connectivity index (χ3v) is 5.57. The lowest BCUT2D eigenvalue weighted by Crippen LogP contribution is -2.37. The largest absolute Gasteiger partial charge is 0.482 e. The number of likely N-dealkylation sites (tertiary alicyclic amines) is 1. The maximum Gasteiger partial charge on any atom is 0.311 e. The van der Waals surface area contributed by atoms with Crippen LogP contribution in [0, 0.1) is 17.2 Å². The normalized spacial score (nSPS) is 24.0. The SMILES string of the molecule is O=C(c1cc(COc2ccccc2F)on1)N1C[C@@H]2CCC[C@@]2(C(=O)O)C1. The zero-order valence-corrected chi connectivity index (χ0v) is 14.6. The fourth-order valence-electron chi connectivity index (χ4n) is 4.15. The Labute approximate surface area is 154 Å².